The molecule has 15 heteroatoms. The Morgan fingerprint density at radius 3 is 2.45 bits per heavy atom. The number of anilines is 1. The predicted molar refractivity (Wildman–Crippen MR) is 145 cm³/mol. The monoisotopic (exact) mass is 606 g/mol. The van der Waals surface area contributed by atoms with E-state index in [2.05, 4.69) is 15.6 Å². The van der Waals surface area contributed by atoms with Gasteiger partial charge in [0.05, 0.1) is 30.8 Å². The summed E-state index contributed by atoms with van der Waals surface area (Å²) in [6.07, 6.45) is -2.05. The number of pyridine rings is 1. The van der Waals surface area contributed by atoms with Crippen LogP contribution in [0.25, 0.3) is 16.8 Å². The zero-order valence-corrected chi connectivity index (χ0v) is 22.8. The Morgan fingerprint density at radius 2 is 1.86 bits per heavy atom. The first kappa shape index (κ1) is 30.2. The zero-order valence-electron chi connectivity index (χ0n) is 22.1. The summed E-state index contributed by atoms with van der Waals surface area (Å²) in [5.74, 6) is -2.45. The third-order valence-corrected chi connectivity index (χ3v) is 6.48. The molecule has 3 N–H and O–H groups in total. The second-order valence-corrected chi connectivity index (χ2v) is 9.50. The van der Waals surface area contributed by atoms with Crippen molar-refractivity contribution in [2.45, 2.75) is 32.0 Å². The molecule has 0 aliphatic carbocycles. The molecule has 0 aliphatic rings. The Balaban J connectivity index is 1.76. The summed E-state index contributed by atoms with van der Waals surface area (Å²) in [5, 5.41) is 9.51. The molecular formula is C27H23ClF4N6O4. The van der Waals surface area contributed by atoms with Gasteiger partial charge in [0.2, 0.25) is 5.91 Å². The summed E-state index contributed by atoms with van der Waals surface area (Å²) in [6, 6.07) is 7.72. The lowest BCUT2D eigenvalue weighted by Gasteiger charge is -2.21. The van der Waals surface area contributed by atoms with E-state index < -0.39 is 41.1 Å². The second kappa shape index (κ2) is 12.0. The molecule has 1 atom stereocenters. The van der Waals surface area contributed by atoms with Crippen molar-refractivity contribution in [3.8, 4) is 22.6 Å². The maximum Gasteiger partial charge on any atom is 0.436 e. The zero-order chi connectivity index (χ0) is 30.8. The van der Waals surface area contributed by atoms with Crippen LogP contribution in [0.3, 0.4) is 0 Å². The van der Waals surface area contributed by atoms with Gasteiger partial charge in [-0.1, -0.05) is 30.2 Å². The lowest BCUT2D eigenvalue weighted by atomic mass is 10.0. The molecule has 220 valence electrons. The van der Waals surface area contributed by atoms with E-state index in [1.54, 1.807) is 6.92 Å². The molecule has 0 radical (unpaired) electrons. The number of hydrogen-bond donors (Lipinski definition) is 2. The number of alkyl halides is 3. The molecule has 2 aromatic heterocycles. The van der Waals surface area contributed by atoms with Gasteiger partial charge in [-0.2, -0.15) is 13.2 Å². The first-order valence-corrected chi connectivity index (χ1v) is 12.7. The molecule has 0 aliphatic heterocycles. The van der Waals surface area contributed by atoms with Gasteiger partial charge in [0.25, 0.3) is 11.5 Å². The largest absolute Gasteiger partial charge is 0.495 e. The van der Waals surface area contributed by atoms with E-state index in [9.17, 15) is 31.9 Å². The van der Waals surface area contributed by atoms with Crippen LogP contribution in [0.5, 0.6) is 5.75 Å². The highest BCUT2D eigenvalue weighted by molar-refractivity contribution is 6.31. The molecule has 0 saturated carbocycles. The van der Waals surface area contributed by atoms with Gasteiger partial charge in [-0.3, -0.25) is 19.0 Å². The first-order chi connectivity index (χ1) is 19.8. The number of rotatable bonds is 9. The maximum atomic E-state index is 14.2. The van der Waals surface area contributed by atoms with Crippen LogP contribution in [0.2, 0.25) is 5.02 Å². The number of primary amides is 1. The minimum Gasteiger partial charge on any atom is -0.495 e. The summed E-state index contributed by atoms with van der Waals surface area (Å²) in [7, 11) is 1.31. The third kappa shape index (κ3) is 6.28. The van der Waals surface area contributed by atoms with Gasteiger partial charge < -0.3 is 15.8 Å². The minimum absolute atomic E-state index is 0.0369. The summed E-state index contributed by atoms with van der Waals surface area (Å²) >= 11 is 6.19. The smallest absolute Gasteiger partial charge is 0.436 e. The highest BCUT2D eigenvalue weighted by Gasteiger charge is 2.35. The average Bonchev–Trinajstić information content (AvgIpc) is 3.42. The lowest BCUT2D eigenvalue weighted by molar-refractivity contribution is -0.141. The fourth-order valence-electron chi connectivity index (χ4n) is 4.27. The van der Waals surface area contributed by atoms with E-state index in [-0.39, 0.29) is 45.3 Å². The second-order valence-electron chi connectivity index (χ2n) is 9.06. The Morgan fingerprint density at radius 1 is 1.12 bits per heavy atom. The number of carbonyl (C=O) groups is 2. The third-order valence-electron chi connectivity index (χ3n) is 6.25. The van der Waals surface area contributed by atoms with Crippen molar-refractivity contribution in [1.29, 1.82) is 0 Å². The highest BCUT2D eigenvalue weighted by atomic mass is 35.5. The Hall–Kier alpha value is -4.72. The van der Waals surface area contributed by atoms with Crippen LogP contribution in [0.4, 0.5) is 23.2 Å². The molecule has 4 aromatic rings. The molecule has 0 bridgehead atoms. The summed E-state index contributed by atoms with van der Waals surface area (Å²) in [4.78, 5) is 38.0. The van der Waals surface area contributed by atoms with Crippen LogP contribution >= 0.6 is 11.6 Å². The molecular weight excluding hydrogens is 584 g/mol. The van der Waals surface area contributed by atoms with Gasteiger partial charge in [0, 0.05) is 27.9 Å². The molecule has 2 heterocycles. The van der Waals surface area contributed by atoms with Gasteiger partial charge in [-0.25, -0.2) is 9.07 Å². The van der Waals surface area contributed by atoms with Crippen LogP contribution < -0.4 is 21.3 Å². The number of ether oxygens (including phenoxy) is 1. The molecule has 4 rings (SSSR count). The van der Waals surface area contributed by atoms with E-state index >= 15 is 0 Å². The number of hydrogen-bond acceptors (Lipinski definition) is 6. The SMILES string of the molecule is CCC[C@@H](C(=O)Nc1ccc(C(N)=O)c(F)c1)n1cc(OC)c(-c2cc(Cl)ccc2-n2cc(C(F)(F)F)nn2)cc1=O. The topological polar surface area (TPSA) is 134 Å². The van der Waals surface area contributed by atoms with Crippen LogP contribution in [0.15, 0.2) is 59.7 Å². The number of methoxy groups -OCH3 is 1. The summed E-state index contributed by atoms with van der Waals surface area (Å²) in [6.45, 7) is 1.80. The van der Waals surface area contributed by atoms with Crippen molar-refractivity contribution in [3.05, 3.63) is 87.3 Å². The number of aromatic nitrogens is 4. The standard InChI is InChI=1S/C27H23ClF4N6O4/c1-3-4-21(26(41)34-15-6-7-16(25(33)40)19(29)10-15)37-12-22(42-2)18(11-24(37)39)17-9-14(28)5-8-20(17)38-13-23(35-36-38)27(30,31)32/h5-13,21H,3-4H2,1-2H3,(H2,33,40)(H,34,41)/t21-/m0/s1. The fourth-order valence-corrected chi connectivity index (χ4v) is 4.44. The van der Waals surface area contributed by atoms with Crippen LogP contribution in [0.1, 0.15) is 41.9 Å². The number of amides is 2. The molecule has 10 nitrogen and oxygen atoms in total. The number of halogens is 5. The maximum absolute atomic E-state index is 14.2. The number of carbonyl (C=O) groups excluding carboxylic acids is 2. The normalized spacial score (nSPS) is 12.2. The van der Waals surface area contributed by atoms with E-state index in [1.165, 1.54) is 37.6 Å². The highest BCUT2D eigenvalue weighted by Crippen LogP contribution is 2.36. The van der Waals surface area contributed by atoms with Crippen LogP contribution in [0, 0.1) is 5.82 Å². The van der Waals surface area contributed by atoms with Gasteiger partial charge in [-0.15, -0.1) is 5.10 Å². The van der Waals surface area contributed by atoms with Gasteiger partial charge >= 0.3 is 6.18 Å². The quantitative estimate of drug-likeness (QED) is 0.258. The van der Waals surface area contributed by atoms with Crippen molar-refractivity contribution in [1.82, 2.24) is 19.6 Å². The van der Waals surface area contributed by atoms with E-state index in [4.69, 9.17) is 22.1 Å². The molecule has 2 amide bonds. The van der Waals surface area contributed by atoms with Gasteiger partial charge in [-0.05, 0) is 42.8 Å². The van der Waals surface area contributed by atoms with Crippen molar-refractivity contribution in [3.63, 3.8) is 0 Å². The average molecular weight is 607 g/mol. The van der Waals surface area contributed by atoms with E-state index in [0.29, 0.717) is 12.6 Å². The number of nitrogens with one attached hydrogen (secondary N) is 1. The molecule has 2 aromatic carbocycles. The van der Waals surface area contributed by atoms with Gasteiger partial charge in [0.15, 0.2) is 5.69 Å². The Labute approximate surface area is 240 Å². The molecule has 42 heavy (non-hydrogen) atoms. The lowest BCUT2D eigenvalue weighted by Crippen LogP contribution is -2.33. The minimum atomic E-state index is -4.73. The van der Waals surface area contributed by atoms with Crippen molar-refractivity contribution >= 4 is 29.1 Å². The summed E-state index contributed by atoms with van der Waals surface area (Å²) in [5.41, 5.74) is 3.45. The van der Waals surface area contributed by atoms with Gasteiger partial charge in [0.1, 0.15) is 17.6 Å². The first-order valence-electron chi connectivity index (χ1n) is 12.3. The van der Waals surface area contributed by atoms with Crippen LogP contribution in [-0.4, -0.2) is 38.5 Å². The number of benzene rings is 2. The molecule has 0 saturated heterocycles. The molecule has 0 spiro atoms. The van der Waals surface area contributed by atoms with E-state index in [1.807, 2.05) is 0 Å². The van der Waals surface area contributed by atoms with E-state index in [0.717, 1.165) is 27.4 Å². The number of nitrogens with two attached hydrogens (primary N) is 1. The van der Waals surface area contributed by atoms with Crippen molar-refractivity contribution in [2.75, 3.05) is 12.4 Å². The number of nitrogens with zero attached hydrogens (tertiary/aromatic N) is 4. The molecule has 0 fully saturated rings. The molecule has 0 unspecified atom stereocenters. The Bertz CT molecular complexity index is 1720. The van der Waals surface area contributed by atoms with Crippen LogP contribution in [-0.2, 0) is 11.0 Å². The summed E-state index contributed by atoms with van der Waals surface area (Å²) < 4.78 is 61.3. The fraction of sp³-hybridized carbons (Fsp3) is 0.222. The predicted octanol–water partition coefficient (Wildman–Crippen LogP) is 4.99. The van der Waals surface area contributed by atoms with Crippen molar-refractivity contribution in [2.24, 2.45) is 5.73 Å². The Kier molecular flexibility index (Phi) is 8.66. The van der Waals surface area contributed by atoms with Crippen molar-refractivity contribution < 1.29 is 31.9 Å².